The van der Waals surface area contributed by atoms with E-state index in [4.69, 9.17) is 4.74 Å². The molecule has 0 saturated carbocycles. The first-order chi connectivity index (χ1) is 9.64. The lowest BCUT2D eigenvalue weighted by Crippen LogP contribution is -2.42. The van der Waals surface area contributed by atoms with Crippen molar-refractivity contribution in [3.8, 4) is 5.75 Å². The average molecular weight is 335 g/mol. The summed E-state index contributed by atoms with van der Waals surface area (Å²) in [6.07, 6.45) is -1.25. The maximum absolute atomic E-state index is 12.4. The summed E-state index contributed by atoms with van der Waals surface area (Å²) < 4.78 is 54.9. The van der Waals surface area contributed by atoms with Gasteiger partial charge in [0.15, 0.2) is 9.84 Å². The third-order valence-electron chi connectivity index (χ3n) is 3.24. The first kappa shape index (κ1) is 16.2. The van der Waals surface area contributed by atoms with E-state index in [1.807, 2.05) is 0 Å². The fourth-order valence-electron chi connectivity index (χ4n) is 2.20. The Morgan fingerprint density at radius 3 is 2.52 bits per heavy atom. The summed E-state index contributed by atoms with van der Waals surface area (Å²) in [5.41, 5.74) is 0.718. The van der Waals surface area contributed by atoms with Gasteiger partial charge < -0.3 is 9.84 Å². The molecule has 9 heteroatoms. The summed E-state index contributed by atoms with van der Waals surface area (Å²) in [6, 6.07) is 3.60. The Hall–Kier alpha value is -1.16. The van der Waals surface area contributed by atoms with E-state index in [-0.39, 0.29) is 10.6 Å². The van der Waals surface area contributed by atoms with Gasteiger partial charge in [0.1, 0.15) is 10.6 Å². The van der Waals surface area contributed by atoms with Crippen LogP contribution in [0, 0.1) is 6.92 Å². The highest BCUT2D eigenvalue weighted by molar-refractivity contribution is 7.92. The molecule has 0 unspecified atom stereocenters. The number of rotatable bonds is 4. The first-order valence-electron chi connectivity index (χ1n) is 6.20. The maximum Gasteiger partial charge on any atom is 0.244 e. The van der Waals surface area contributed by atoms with E-state index in [1.165, 1.54) is 19.2 Å². The zero-order valence-electron chi connectivity index (χ0n) is 11.6. The van der Waals surface area contributed by atoms with E-state index in [0.29, 0.717) is 0 Å². The van der Waals surface area contributed by atoms with Gasteiger partial charge in [-0.25, -0.2) is 21.6 Å². The molecule has 1 aliphatic rings. The summed E-state index contributed by atoms with van der Waals surface area (Å²) in [4.78, 5) is -0.0819. The van der Waals surface area contributed by atoms with Crippen LogP contribution in [-0.2, 0) is 19.9 Å². The number of methoxy groups -OCH3 is 1. The molecule has 1 saturated heterocycles. The highest BCUT2D eigenvalue weighted by Gasteiger charge is 2.39. The van der Waals surface area contributed by atoms with Crippen LogP contribution in [-0.4, -0.2) is 52.7 Å². The molecule has 1 aromatic rings. The lowest BCUT2D eigenvalue weighted by molar-refractivity contribution is 0.176. The van der Waals surface area contributed by atoms with Gasteiger partial charge in [-0.05, 0) is 24.6 Å². The van der Waals surface area contributed by atoms with Crippen molar-refractivity contribution >= 4 is 19.9 Å². The van der Waals surface area contributed by atoms with E-state index in [9.17, 15) is 21.9 Å². The van der Waals surface area contributed by atoms with E-state index in [1.54, 1.807) is 13.0 Å². The molecule has 1 aliphatic heterocycles. The molecule has 0 aromatic heterocycles. The molecule has 2 N–H and O–H groups in total. The van der Waals surface area contributed by atoms with Crippen molar-refractivity contribution < 1.29 is 26.7 Å². The molecule has 0 amide bonds. The molecule has 2 atom stereocenters. The zero-order valence-corrected chi connectivity index (χ0v) is 13.2. The quantitative estimate of drug-likeness (QED) is 0.763. The molecule has 0 bridgehead atoms. The van der Waals surface area contributed by atoms with Crippen molar-refractivity contribution in [3.63, 3.8) is 0 Å². The standard InChI is InChI=1S/C12H17NO6S2/c1-8-3-4-11(19-2)12(5-8)21(17,18)13-9-6-20(15,16)7-10(9)14/h3-5,9-10,13-14H,6-7H2,1-2H3/t9-,10-/m0/s1. The fraction of sp³-hybridized carbons (Fsp3) is 0.500. The largest absolute Gasteiger partial charge is 0.495 e. The predicted molar refractivity (Wildman–Crippen MR) is 76.5 cm³/mol. The van der Waals surface area contributed by atoms with Gasteiger partial charge in [0.25, 0.3) is 0 Å². The molecule has 0 aliphatic carbocycles. The third-order valence-corrected chi connectivity index (χ3v) is 6.47. The topological polar surface area (TPSA) is 110 Å². The van der Waals surface area contributed by atoms with Crippen molar-refractivity contribution in [1.29, 1.82) is 0 Å². The number of hydrogen-bond donors (Lipinski definition) is 2. The highest BCUT2D eigenvalue weighted by Crippen LogP contribution is 2.25. The lowest BCUT2D eigenvalue weighted by Gasteiger charge is -2.17. The maximum atomic E-state index is 12.4. The van der Waals surface area contributed by atoms with Gasteiger partial charge in [0.2, 0.25) is 10.0 Å². The van der Waals surface area contributed by atoms with Crippen molar-refractivity contribution in [1.82, 2.24) is 4.72 Å². The number of ether oxygens (including phenoxy) is 1. The Morgan fingerprint density at radius 1 is 1.33 bits per heavy atom. The van der Waals surface area contributed by atoms with Crippen LogP contribution in [0.4, 0.5) is 0 Å². The first-order valence-corrected chi connectivity index (χ1v) is 9.50. The van der Waals surface area contributed by atoms with E-state index >= 15 is 0 Å². The van der Waals surface area contributed by atoms with Crippen LogP contribution >= 0.6 is 0 Å². The number of nitrogens with one attached hydrogen (secondary N) is 1. The van der Waals surface area contributed by atoms with Crippen molar-refractivity contribution in [2.75, 3.05) is 18.6 Å². The van der Waals surface area contributed by atoms with Gasteiger partial charge in [-0.1, -0.05) is 6.07 Å². The van der Waals surface area contributed by atoms with Gasteiger partial charge in [-0.2, -0.15) is 0 Å². The van der Waals surface area contributed by atoms with Crippen LogP contribution in [0.3, 0.4) is 0 Å². The highest BCUT2D eigenvalue weighted by atomic mass is 32.2. The molecule has 0 radical (unpaired) electrons. The van der Waals surface area contributed by atoms with Crippen LogP contribution in [0.5, 0.6) is 5.75 Å². The van der Waals surface area contributed by atoms with E-state index < -0.39 is 43.5 Å². The summed E-state index contributed by atoms with van der Waals surface area (Å²) in [7, 11) is -6.08. The zero-order chi connectivity index (χ0) is 15.8. The molecule has 1 aromatic carbocycles. The Balaban J connectivity index is 2.34. The Kier molecular flexibility index (Phi) is 4.29. The van der Waals surface area contributed by atoms with Gasteiger partial charge in [0.05, 0.1) is 30.8 Å². The monoisotopic (exact) mass is 335 g/mol. The number of sulfone groups is 1. The number of hydrogen-bond acceptors (Lipinski definition) is 6. The number of sulfonamides is 1. The molecule has 7 nitrogen and oxygen atoms in total. The van der Waals surface area contributed by atoms with Crippen LogP contribution in [0.1, 0.15) is 5.56 Å². The van der Waals surface area contributed by atoms with Gasteiger partial charge in [-0.3, -0.25) is 0 Å². The minimum atomic E-state index is -3.99. The molecule has 1 fully saturated rings. The van der Waals surface area contributed by atoms with Crippen LogP contribution < -0.4 is 9.46 Å². The number of aliphatic hydroxyl groups is 1. The molecule has 2 rings (SSSR count). The minimum absolute atomic E-state index is 0.0819. The normalized spacial score (nSPS) is 24.9. The molecule has 1 heterocycles. The summed E-state index contributed by atoms with van der Waals surface area (Å²) in [6.45, 7) is 1.73. The number of aryl methyl sites for hydroxylation is 1. The Bertz CT molecular complexity index is 741. The smallest absolute Gasteiger partial charge is 0.244 e. The molecular weight excluding hydrogens is 318 g/mol. The molecular formula is C12H17NO6S2. The van der Waals surface area contributed by atoms with Crippen molar-refractivity contribution in [2.24, 2.45) is 0 Å². The number of benzene rings is 1. The second-order valence-corrected chi connectivity index (χ2v) is 8.86. The second kappa shape index (κ2) is 5.56. The summed E-state index contributed by atoms with van der Waals surface area (Å²) in [5, 5.41) is 9.68. The fourth-order valence-corrected chi connectivity index (χ4v) is 5.57. The Morgan fingerprint density at radius 2 is 2.00 bits per heavy atom. The van der Waals surface area contributed by atoms with E-state index in [0.717, 1.165) is 5.56 Å². The van der Waals surface area contributed by atoms with Gasteiger partial charge in [0, 0.05) is 0 Å². The number of aliphatic hydroxyl groups excluding tert-OH is 1. The average Bonchev–Trinajstić information content (AvgIpc) is 2.61. The Labute approximate surface area is 123 Å². The molecule has 118 valence electrons. The van der Waals surface area contributed by atoms with Crippen molar-refractivity contribution in [2.45, 2.75) is 24.0 Å². The molecule has 0 spiro atoms. The third kappa shape index (κ3) is 3.54. The minimum Gasteiger partial charge on any atom is -0.495 e. The summed E-state index contributed by atoms with van der Waals surface area (Å²) in [5.74, 6) is -0.699. The van der Waals surface area contributed by atoms with Crippen molar-refractivity contribution in [3.05, 3.63) is 23.8 Å². The SMILES string of the molecule is COc1ccc(C)cc1S(=O)(=O)N[C@H]1CS(=O)(=O)C[C@@H]1O. The molecule has 21 heavy (non-hydrogen) atoms. The van der Waals surface area contributed by atoms with Crippen LogP contribution in [0.15, 0.2) is 23.1 Å². The van der Waals surface area contributed by atoms with Gasteiger partial charge in [-0.15, -0.1) is 0 Å². The second-order valence-electron chi connectivity index (χ2n) is 5.03. The van der Waals surface area contributed by atoms with Crippen LogP contribution in [0.25, 0.3) is 0 Å². The van der Waals surface area contributed by atoms with Gasteiger partial charge >= 0.3 is 0 Å². The summed E-state index contributed by atoms with van der Waals surface area (Å²) >= 11 is 0. The van der Waals surface area contributed by atoms with Crippen LogP contribution in [0.2, 0.25) is 0 Å². The lowest BCUT2D eigenvalue weighted by atomic mass is 10.2. The van der Waals surface area contributed by atoms with E-state index in [2.05, 4.69) is 4.72 Å². The predicted octanol–water partition coefficient (Wildman–Crippen LogP) is -0.560.